The number of carbonyl (C=O) groups is 1. The molecule has 1 atom stereocenters. The van der Waals surface area contributed by atoms with Crippen molar-refractivity contribution in [1.29, 1.82) is 0 Å². The van der Waals surface area contributed by atoms with Crippen molar-refractivity contribution in [3.63, 3.8) is 0 Å². The SMILES string of the molecule is O=C(Cn1nc(-c2ccc3ccccc3c2)ccc1=O)NC[C@H]1CCCO1. The second-order valence-electron chi connectivity index (χ2n) is 6.72. The zero-order chi connectivity index (χ0) is 18.6. The van der Waals surface area contributed by atoms with Gasteiger partial charge in [0.05, 0.1) is 11.8 Å². The van der Waals surface area contributed by atoms with Crippen LogP contribution in [0.5, 0.6) is 0 Å². The molecular formula is C21H21N3O3. The number of amides is 1. The van der Waals surface area contributed by atoms with Crippen LogP contribution < -0.4 is 10.9 Å². The highest BCUT2D eigenvalue weighted by molar-refractivity contribution is 5.86. The molecule has 1 saturated heterocycles. The van der Waals surface area contributed by atoms with Gasteiger partial charge in [0.25, 0.3) is 5.56 Å². The Labute approximate surface area is 156 Å². The lowest BCUT2D eigenvalue weighted by Crippen LogP contribution is -2.37. The minimum Gasteiger partial charge on any atom is -0.376 e. The Kier molecular flexibility index (Phi) is 4.98. The van der Waals surface area contributed by atoms with Gasteiger partial charge in [-0.15, -0.1) is 0 Å². The highest BCUT2D eigenvalue weighted by atomic mass is 16.5. The van der Waals surface area contributed by atoms with Gasteiger partial charge in [0.1, 0.15) is 6.54 Å². The molecule has 138 valence electrons. The fraction of sp³-hybridized carbons (Fsp3) is 0.286. The first-order chi connectivity index (χ1) is 13.2. The van der Waals surface area contributed by atoms with E-state index in [-0.39, 0.29) is 24.1 Å². The molecule has 27 heavy (non-hydrogen) atoms. The predicted octanol–water partition coefficient (Wildman–Crippen LogP) is 2.36. The van der Waals surface area contributed by atoms with Crippen LogP contribution in [0.3, 0.4) is 0 Å². The monoisotopic (exact) mass is 363 g/mol. The maximum atomic E-state index is 12.2. The number of rotatable bonds is 5. The molecule has 0 unspecified atom stereocenters. The summed E-state index contributed by atoms with van der Waals surface area (Å²) >= 11 is 0. The third-order valence-corrected chi connectivity index (χ3v) is 4.76. The fourth-order valence-corrected chi connectivity index (χ4v) is 3.29. The third kappa shape index (κ3) is 4.06. The van der Waals surface area contributed by atoms with Gasteiger partial charge in [-0.05, 0) is 35.7 Å². The molecule has 1 N–H and O–H groups in total. The average molecular weight is 363 g/mol. The van der Waals surface area contributed by atoms with Crippen molar-refractivity contribution in [1.82, 2.24) is 15.1 Å². The molecule has 6 heteroatoms. The van der Waals surface area contributed by atoms with E-state index in [1.165, 1.54) is 10.7 Å². The molecule has 6 nitrogen and oxygen atoms in total. The number of carbonyl (C=O) groups excluding carboxylic acids is 1. The molecule has 0 radical (unpaired) electrons. The molecule has 0 saturated carbocycles. The van der Waals surface area contributed by atoms with Gasteiger partial charge >= 0.3 is 0 Å². The summed E-state index contributed by atoms with van der Waals surface area (Å²) in [6, 6.07) is 17.2. The largest absolute Gasteiger partial charge is 0.376 e. The van der Waals surface area contributed by atoms with Gasteiger partial charge in [-0.3, -0.25) is 9.59 Å². The van der Waals surface area contributed by atoms with Crippen LogP contribution in [0.1, 0.15) is 12.8 Å². The molecule has 1 fully saturated rings. The normalized spacial score (nSPS) is 16.5. The van der Waals surface area contributed by atoms with Gasteiger partial charge < -0.3 is 10.1 Å². The molecule has 0 spiro atoms. The van der Waals surface area contributed by atoms with E-state index in [0.717, 1.165) is 35.8 Å². The van der Waals surface area contributed by atoms with Crippen LogP contribution in [-0.4, -0.2) is 34.9 Å². The van der Waals surface area contributed by atoms with Crippen LogP contribution in [0.2, 0.25) is 0 Å². The number of nitrogens with zero attached hydrogens (tertiary/aromatic N) is 2. The Bertz CT molecular complexity index is 1020. The minimum atomic E-state index is -0.299. The molecule has 1 aliphatic heterocycles. The van der Waals surface area contributed by atoms with Crippen LogP contribution in [0.4, 0.5) is 0 Å². The first-order valence-electron chi connectivity index (χ1n) is 9.15. The van der Waals surface area contributed by atoms with Gasteiger partial charge in [0, 0.05) is 24.8 Å². The maximum absolute atomic E-state index is 12.2. The zero-order valence-corrected chi connectivity index (χ0v) is 14.9. The summed E-state index contributed by atoms with van der Waals surface area (Å²) in [6.07, 6.45) is 2.05. The molecule has 2 aromatic carbocycles. The van der Waals surface area contributed by atoms with Crippen molar-refractivity contribution < 1.29 is 9.53 Å². The van der Waals surface area contributed by atoms with E-state index in [4.69, 9.17) is 4.74 Å². The number of hydrogen-bond donors (Lipinski definition) is 1. The van der Waals surface area contributed by atoms with Crippen LogP contribution in [-0.2, 0) is 16.1 Å². The average Bonchev–Trinajstić information content (AvgIpc) is 3.21. The molecular weight excluding hydrogens is 342 g/mol. The van der Waals surface area contributed by atoms with Gasteiger partial charge in [-0.1, -0.05) is 36.4 Å². The number of ether oxygens (including phenoxy) is 1. The lowest BCUT2D eigenvalue weighted by molar-refractivity contribution is -0.122. The van der Waals surface area contributed by atoms with E-state index >= 15 is 0 Å². The van der Waals surface area contributed by atoms with Gasteiger partial charge in [-0.2, -0.15) is 5.10 Å². The van der Waals surface area contributed by atoms with Gasteiger partial charge in [0.2, 0.25) is 5.91 Å². The molecule has 1 aliphatic rings. The summed E-state index contributed by atoms with van der Waals surface area (Å²) in [4.78, 5) is 24.3. The van der Waals surface area contributed by atoms with Crippen LogP contribution in [0, 0.1) is 0 Å². The lowest BCUT2D eigenvalue weighted by atomic mass is 10.1. The Morgan fingerprint density at radius 2 is 2.00 bits per heavy atom. The van der Waals surface area contributed by atoms with E-state index in [2.05, 4.69) is 10.4 Å². The summed E-state index contributed by atoms with van der Waals surface area (Å²) in [5, 5.41) is 9.44. The van der Waals surface area contributed by atoms with Crippen molar-refractivity contribution in [2.45, 2.75) is 25.5 Å². The molecule has 3 aromatic rings. The summed E-state index contributed by atoms with van der Waals surface area (Å²) in [5.74, 6) is -0.240. The number of aromatic nitrogens is 2. The smallest absolute Gasteiger partial charge is 0.267 e. The van der Waals surface area contributed by atoms with Crippen molar-refractivity contribution in [3.8, 4) is 11.3 Å². The third-order valence-electron chi connectivity index (χ3n) is 4.76. The van der Waals surface area contributed by atoms with E-state index in [1.54, 1.807) is 6.07 Å². The molecule has 1 amide bonds. The van der Waals surface area contributed by atoms with Crippen molar-refractivity contribution in [3.05, 3.63) is 65.0 Å². The lowest BCUT2D eigenvalue weighted by Gasteiger charge is -2.12. The summed E-state index contributed by atoms with van der Waals surface area (Å²) in [6.45, 7) is 1.11. The highest BCUT2D eigenvalue weighted by Crippen LogP contribution is 2.22. The van der Waals surface area contributed by atoms with Crippen molar-refractivity contribution in [2.75, 3.05) is 13.2 Å². The Morgan fingerprint density at radius 3 is 2.81 bits per heavy atom. The molecule has 0 aliphatic carbocycles. The van der Waals surface area contributed by atoms with Crippen LogP contribution in [0.15, 0.2) is 59.4 Å². The van der Waals surface area contributed by atoms with E-state index in [0.29, 0.717) is 12.2 Å². The second-order valence-corrected chi connectivity index (χ2v) is 6.72. The summed E-state index contributed by atoms with van der Waals surface area (Å²) in [5.41, 5.74) is 1.27. The Morgan fingerprint density at radius 1 is 1.15 bits per heavy atom. The van der Waals surface area contributed by atoms with Crippen molar-refractivity contribution in [2.24, 2.45) is 0 Å². The number of hydrogen-bond acceptors (Lipinski definition) is 4. The zero-order valence-electron chi connectivity index (χ0n) is 14.9. The number of fused-ring (bicyclic) bond motifs is 1. The first kappa shape index (κ1) is 17.4. The highest BCUT2D eigenvalue weighted by Gasteiger charge is 2.16. The fourth-order valence-electron chi connectivity index (χ4n) is 3.29. The van der Waals surface area contributed by atoms with Gasteiger partial charge in [0.15, 0.2) is 0 Å². The second kappa shape index (κ2) is 7.72. The maximum Gasteiger partial charge on any atom is 0.267 e. The molecule has 4 rings (SSSR count). The van der Waals surface area contributed by atoms with Gasteiger partial charge in [-0.25, -0.2) is 4.68 Å². The van der Waals surface area contributed by atoms with Crippen LogP contribution in [0.25, 0.3) is 22.0 Å². The predicted molar refractivity (Wildman–Crippen MR) is 103 cm³/mol. The number of nitrogens with one attached hydrogen (secondary N) is 1. The Balaban J connectivity index is 1.51. The quantitative estimate of drug-likeness (QED) is 0.755. The Hall–Kier alpha value is -2.99. The minimum absolute atomic E-state index is 0.0718. The summed E-state index contributed by atoms with van der Waals surface area (Å²) in [7, 11) is 0. The van der Waals surface area contributed by atoms with Crippen molar-refractivity contribution >= 4 is 16.7 Å². The topological polar surface area (TPSA) is 73.2 Å². The van der Waals surface area contributed by atoms with E-state index in [1.807, 2.05) is 42.5 Å². The van der Waals surface area contributed by atoms with E-state index < -0.39 is 0 Å². The molecule has 0 bridgehead atoms. The van der Waals surface area contributed by atoms with Crippen LogP contribution >= 0.6 is 0 Å². The number of benzene rings is 2. The summed E-state index contributed by atoms with van der Waals surface area (Å²) < 4.78 is 6.69. The standard InChI is InChI=1S/C21H21N3O3/c25-20(22-13-18-6-3-11-27-18)14-24-21(26)10-9-19(23-24)17-8-7-15-4-1-2-5-16(15)12-17/h1-2,4-5,7-10,12,18H,3,6,11,13-14H2,(H,22,25)/t18-/m1/s1. The van der Waals surface area contributed by atoms with E-state index in [9.17, 15) is 9.59 Å². The molecule has 1 aromatic heterocycles. The molecule has 2 heterocycles. The first-order valence-corrected chi connectivity index (χ1v) is 9.15.